The van der Waals surface area contributed by atoms with E-state index in [-0.39, 0.29) is 12.0 Å². The molecule has 0 unspecified atom stereocenters. The average molecular weight is 402 g/mol. The Bertz CT molecular complexity index is 1040. The zero-order valence-electron chi connectivity index (χ0n) is 16.3. The molecule has 6 heteroatoms. The second-order valence-electron chi connectivity index (χ2n) is 7.58. The van der Waals surface area contributed by atoms with Crippen molar-refractivity contribution in [2.75, 3.05) is 0 Å². The van der Waals surface area contributed by atoms with E-state index in [1.54, 1.807) is 39.0 Å². The molecule has 0 radical (unpaired) electrons. The fraction of sp³-hybridized carbons (Fsp3) is 0.273. The minimum absolute atomic E-state index is 0.0845. The maximum Gasteiger partial charge on any atom is 0.307 e. The van der Waals surface area contributed by atoms with Crippen LogP contribution in [0.2, 0.25) is 5.02 Å². The van der Waals surface area contributed by atoms with E-state index in [2.05, 4.69) is 4.98 Å². The normalized spacial score (nSPS) is 11.1. The van der Waals surface area contributed by atoms with Gasteiger partial charge in [-0.1, -0.05) is 23.7 Å². The molecule has 0 saturated heterocycles. The number of benzene rings is 2. The zero-order chi connectivity index (χ0) is 21.1. The number of nitrogens with one attached hydrogen (secondary N) is 1. The smallest absolute Gasteiger partial charge is 0.307 e. The van der Waals surface area contributed by atoms with Crippen molar-refractivity contribution in [3.63, 3.8) is 0 Å². The number of carbonyl (C=O) groups is 1. The SMILES string of the molecule is CC(C)(C)O.Cc1cc2[nH]c(=O)ccc2c(-c2ccc(Cl)cc2)c1CC(=O)O. The largest absolute Gasteiger partial charge is 0.481 e. The maximum absolute atomic E-state index is 11.6. The molecule has 0 aliphatic heterocycles. The third-order valence-electron chi connectivity index (χ3n) is 3.82. The predicted molar refractivity (Wildman–Crippen MR) is 113 cm³/mol. The maximum atomic E-state index is 11.6. The summed E-state index contributed by atoms with van der Waals surface area (Å²) in [6.07, 6.45) is -0.0845. The van der Waals surface area contributed by atoms with Crippen LogP contribution in [0.25, 0.3) is 22.0 Å². The summed E-state index contributed by atoms with van der Waals surface area (Å²) in [7, 11) is 0. The lowest BCUT2D eigenvalue weighted by molar-refractivity contribution is -0.136. The number of hydrogen-bond acceptors (Lipinski definition) is 3. The van der Waals surface area contributed by atoms with Crippen molar-refractivity contribution in [1.82, 2.24) is 4.98 Å². The van der Waals surface area contributed by atoms with E-state index in [9.17, 15) is 14.7 Å². The summed E-state index contributed by atoms with van der Waals surface area (Å²) in [6.45, 7) is 7.08. The highest BCUT2D eigenvalue weighted by Crippen LogP contribution is 2.34. The average Bonchev–Trinajstić information content (AvgIpc) is 2.55. The van der Waals surface area contributed by atoms with Gasteiger partial charge in [-0.25, -0.2) is 0 Å². The number of carboxylic acids is 1. The van der Waals surface area contributed by atoms with Crippen LogP contribution in [-0.4, -0.2) is 26.8 Å². The number of halogens is 1. The van der Waals surface area contributed by atoms with Crippen LogP contribution in [0.5, 0.6) is 0 Å². The van der Waals surface area contributed by atoms with E-state index in [1.807, 2.05) is 25.1 Å². The Labute approximate surface area is 168 Å². The van der Waals surface area contributed by atoms with E-state index in [0.29, 0.717) is 10.5 Å². The topological polar surface area (TPSA) is 90.4 Å². The first-order chi connectivity index (χ1) is 13.0. The quantitative estimate of drug-likeness (QED) is 0.600. The number of aliphatic carboxylic acids is 1. The molecule has 3 rings (SSSR count). The minimum atomic E-state index is -0.896. The first-order valence-corrected chi connectivity index (χ1v) is 9.19. The molecule has 0 amide bonds. The van der Waals surface area contributed by atoms with Gasteiger partial charge in [-0.05, 0) is 74.2 Å². The molecule has 3 aromatic rings. The molecule has 0 bridgehead atoms. The van der Waals surface area contributed by atoms with Gasteiger partial charge in [0, 0.05) is 22.0 Å². The van der Waals surface area contributed by atoms with E-state index < -0.39 is 11.6 Å². The van der Waals surface area contributed by atoms with Gasteiger partial charge in [0.15, 0.2) is 0 Å². The van der Waals surface area contributed by atoms with Gasteiger partial charge in [0.25, 0.3) is 0 Å². The lowest BCUT2D eigenvalue weighted by atomic mass is 9.90. The number of rotatable bonds is 3. The Balaban J connectivity index is 0.000000500. The molecule has 0 saturated carbocycles. The van der Waals surface area contributed by atoms with Crippen molar-refractivity contribution >= 4 is 28.5 Å². The summed E-state index contributed by atoms with van der Waals surface area (Å²) in [5.74, 6) is -0.896. The number of aromatic amines is 1. The number of fused-ring (bicyclic) bond motifs is 1. The van der Waals surface area contributed by atoms with Gasteiger partial charge < -0.3 is 15.2 Å². The fourth-order valence-corrected chi connectivity index (χ4v) is 2.94. The number of carboxylic acid groups (broad SMARTS) is 1. The second-order valence-corrected chi connectivity index (χ2v) is 8.02. The van der Waals surface area contributed by atoms with Crippen LogP contribution < -0.4 is 5.56 Å². The lowest BCUT2D eigenvalue weighted by Crippen LogP contribution is -2.10. The Morgan fingerprint density at radius 2 is 1.68 bits per heavy atom. The molecule has 0 atom stereocenters. The number of H-pyrrole nitrogens is 1. The zero-order valence-corrected chi connectivity index (χ0v) is 17.1. The molecule has 5 nitrogen and oxygen atoms in total. The molecule has 148 valence electrons. The molecule has 1 aromatic heterocycles. The van der Waals surface area contributed by atoms with Crippen molar-refractivity contribution < 1.29 is 15.0 Å². The van der Waals surface area contributed by atoms with Crippen molar-refractivity contribution in [3.8, 4) is 11.1 Å². The highest BCUT2D eigenvalue weighted by atomic mass is 35.5. The lowest BCUT2D eigenvalue weighted by Gasteiger charge is -2.15. The van der Waals surface area contributed by atoms with Gasteiger partial charge >= 0.3 is 5.97 Å². The number of aromatic nitrogens is 1. The van der Waals surface area contributed by atoms with Crippen LogP contribution in [0.4, 0.5) is 0 Å². The van der Waals surface area contributed by atoms with E-state index in [1.165, 1.54) is 6.07 Å². The summed E-state index contributed by atoms with van der Waals surface area (Å²) < 4.78 is 0. The summed E-state index contributed by atoms with van der Waals surface area (Å²) in [6, 6.07) is 12.2. The Morgan fingerprint density at radius 1 is 1.11 bits per heavy atom. The first kappa shape index (κ1) is 21.7. The van der Waals surface area contributed by atoms with Gasteiger partial charge in [0.05, 0.1) is 12.0 Å². The van der Waals surface area contributed by atoms with Crippen molar-refractivity contribution in [3.05, 3.63) is 69.0 Å². The number of hydrogen-bond donors (Lipinski definition) is 3. The van der Waals surface area contributed by atoms with E-state index in [4.69, 9.17) is 16.7 Å². The van der Waals surface area contributed by atoms with Gasteiger partial charge in [-0.15, -0.1) is 0 Å². The molecule has 0 fully saturated rings. The highest BCUT2D eigenvalue weighted by Gasteiger charge is 2.16. The van der Waals surface area contributed by atoms with Crippen LogP contribution in [0.3, 0.4) is 0 Å². The molecule has 28 heavy (non-hydrogen) atoms. The number of aliphatic hydroxyl groups is 1. The standard InChI is InChI=1S/C18H14ClNO3.C4H10O/c1-10-8-15-13(6-7-16(21)20-15)18(14(10)9-17(22)23)11-2-4-12(19)5-3-11;1-4(2,3)5/h2-8H,9H2,1H3,(H,20,21)(H,22,23);5H,1-3H3. The molecule has 0 aliphatic rings. The summed E-state index contributed by atoms with van der Waals surface area (Å²) in [5.41, 5.74) is 3.24. The predicted octanol–water partition coefficient (Wildman–Crippen LogP) is 4.56. The van der Waals surface area contributed by atoms with Gasteiger partial charge in [0.1, 0.15) is 0 Å². The summed E-state index contributed by atoms with van der Waals surface area (Å²) in [5, 5.41) is 19.2. The summed E-state index contributed by atoms with van der Waals surface area (Å²) in [4.78, 5) is 25.7. The van der Waals surface area contributed by atoms with Crippen LogP contribution in [0.1, 0.15) is 31.9 Å². The molecule has 0 spiro atoms. The Hall–Kier alpha value is -2.63. The molecule has 3 N–H and O–H groups in total. The monoisotopic (exact) mass is 401 g/mol. The first-order valence-electron chi connectivity index (χ1n) is 8.81. The van der Waals surface area contributed by atoms with Gasteiger partial charge in [-0.3, -0.25) is 9.59 Å². The fourth-order valence-electron chi connectivity index (χ4n) is 2.81. The second kappa shape index (κ2) is 8.59. The third kappa shape index (κ3) is 5.94. The number of aryl methyl sites for hydroxylation is 1. The summed E-state index contributed by atoms with van der Waals surface area (Å²) >= 11 is 5.95. The Kier molecular flexibility index (Phi) is 6.65. The van der Waals surface area contributed by atoms with Crippen LogP contribution in [0.15, 0.2) is 47.3 Å². The van der Waals surface area contributed by atoms with E-state index in [0.717, 1.165) is 27.6 Å². The molecule has 2 aromatic carbocycles. The molecule has 0 aliphatic carbocycles. The van der Waals surface area contributed by atoms with Crippen molar-refractivity contribution in [1.29, 1.82) is 0 Å². The van der Waals surface area contributed by atoms with E-state index >= 15 is 0 Å². The molecular weight excluding hydrogens is 378 g/mol. The Morgan fingerprint density at radius 3 is 2.21 bits per heavy atom. The minimum Gasteiger partial charge on any atom is -0.481 e. The van der Waals surface area contributed by atoms with Crippen LogP contribution in [-0.2, 0) is 11.2 Å². The molecular formula is C22H24ClNO4. The van der Waals surface area contributed by atoms with Crippen LogP contribution >= 0.6 is 11.6 Å². The van der Waals surface area contributed by atoms with Crippen LogP contribution in [0, 0.1) is 6.92 Å². The number of pyridine rings is 1. The molecule has 1 heterocycles. The van der Waals surface area contributed by atoms with Gasteiger partial charge in [-0.2, -0.15) is 0 Å². The van der Waals surface area contributed by atoms with Gasteiger partial charge in [0.2, 0.25) is 5.56 Å². The van der Waals surface area contributed by atoms with Crippen molar-refractivity contribution in [2.24, 2.45) is 0 Å². The van der Waals surface area contributed by atoms with Crippen molar-refractivity contribution in [2.45, 2.75) is 39.7 Å². The highest BCUT2D eigenvalue weighted by molar-refractivity contribution is 6.30. The third-order valence-corrected chi connectivity index (χ3v) is 4.07.